The van der Waals surface area contributed by atoms with Crippen LogP contribution in [0.4, 0.5) is 11.5 Å². The molecule has 0 saturated heterocycles. The summed E-state index contributed by atoms with van der Waals surface area (Å²) < 4.78 is 0.945. The van der Waals surface area contributed by atoms with Crippen LogP contribution < -0.4 is 5.32 Å². The molecule has 0 saturated carbocycles. The van der Waals surface area contributed by atoms with Gasteiger partial charge in [-0.15, -0.1) is 0 Å². The van der Waals surface area contributed by atoms with E-state index in [1.165, 1.54) is 12.3 Å². The van der Waals surface area contributed by atoms with Gasteiger partial charge in [0.05, 0.1) is 4.92 Å². The molecule has 0 unspecified atom stereocenters. The molecule has 2 rings (SSSR count). The lowest BCUT2D eigenvalue weighted by atomic mass is 10.2. The molecule has 0 bridgehead atoms. The molecule has 0 aliphatic heterocycles. The molecule has 1 aromatic carbocycles. The monoisotopic (exact) mass is 341 g/mol. The van der Waals surface area contributed by atoms with Crippen LogP contribution in [0.2, 0.25) is 5.02 Å². The van der Waals surface area contributed by atoms with Crippen molar-refractivity contribution in [3.63, 3.8) is 0 Å². The zero-order valence-electron chi connectivity index (χ0n) is 9.64. The minimum atomic E-state index is -0.543. The average molecular weight is 343 g/mol. The smallest absolute Gasteiger partial charge is 0.329 e. The third-order valence-electron chi connectivity index (χ3n) is 2.41. The first-order valence-electron chi connectivity index (χ1n) is 5.35. The van der Waals surface area contributed by atoms with E-state index in [4.69, 9.17) is 11.6 Å². The molecule has 98 valence electrons. The highest BCUT2D eigenvalue weighted by atomic mass is 79.9. The van der Waals surface area contributed by atoms with Gasteiger partial charge in [-0.25, -0.2) is 4.98 Å². The molecule has 0 aliphatic rings. The van der Waals surface area contributed by atoms with E-state index in [-0.39, 0.29) is 16.5 Å². The van der Waals surface area contributed by atoms with Crippen molar-refractivity contribution in [2.75, 3.05) is 5.32 Å². The average Bonchev–Trinajstić information content (AvgIpc) is 2.36. The Morgan fingerprint density at radius 3 is 2.89 bits per heavy atom. The Morgan fingerprint density at radius 2 is 2.21 bits per heavy atom. The lowest BCUT2D eigenvalue weighted by Gasteiger charge is -2.07. The van der Waals surface area contributed by atoms with Crippen LogP contribution in [0.1, 0.15) is 5.56 Å². The summed E-state index contributed by atoms with van der Waals surface area (Å²) in [7, 11) is 0. The molecular weight excluding hydrogens is 334 g/mol. The molecule has 1 aromatic heterocycles. The van der Waals surface area contributed by atoms with Crippen LogP contribution in [-0.4, -0.2) is 9.91 Å². The SMILES string of the molecule is O=[N+]([O-])c1c(Cl)ccnc1NCc1cccc(Br)c1. The Balaban J connectivity index is 2.20. The summed E-state index contributed by atoms with van der Waals surface area (Å²) in [5.74, 6) is 0.164. The normalized spacial score (nSPS) is 10.2. The summed E-state index contributed by atoms with van der Waals surface area (Å²) in [5.41, 5.74) is 0.768. The van der Waals surface area contributed by atoms with Crippen molar-refractivity contribution < 1.29 is 4.92 Å². The van der Waals surface area contributed by atoms with Gasteiger partial charge >= 0.3 is 5.69 Å². The fourth-order valence-electron chi connectivity index (χ4n) is 1.57. The minimum Gasteiger partial charge on any atom is -0.360 e. The number of hydrogen-bond donors (Lipinski definition) is 1. The molecule has 5 nitrogen and oxygen atoms in total. The number of nitro groups is 1. The Hall–Kier alpha value is -1.66. The van der Waals surface area contributed by atoms with Crippen molar-refractivity contribution in [2.45, 2.75) is 6.54 Å². The number of aromatic nitrogens is 1. The third kappa shape index (κ3) is 3.42. The Kier molecular flexibility index (Phi) is 4.34. The lowest BCUT2D eigenvalue weighted by Crippen LogP contribution is -2.05. The molecule has 19 heavy (non-hydrogen) atoms. The van der Waals surface area contributed by atoms with Gasteiger partial charge in [0.2, 0.25) is 5.82 Å². The van der Waals surface area contributed by atoms with Crippen LogP contribution in [0, 0.1) is 10.1 Å². The second-order valence-corrected chi connectivity index (χ2v) is 5.05. The molecule has 1 heterocycles. The number of nitrogens with one attached hydrogen (secondary N) is 1. The van der Waals surface area contributed by atoms with Crippen LogP contribution in [0.15, 0.2) is 41.0 Å². The summed E-state index contributed by atoms with van der Waals surface area (Å²) in [6.07, 6.45) is 1.43. The van der Waals surface area contributed by atoms with Crippen LogP contribution in [-0.2, 0) is 6.54 Å². The number of nitrogens with zero attached hydrogens (tertiary/aromatic N) is 2. The molecule has 0 amide bonds. The van der Waals surface area contributed by atoms with E-state index in [1.807, 2.05) is 24.3 Å². The number of anilines is 1. The molecule has 0 radical (unpaired) electrons. The highest BCUT2D eigenvalue weighted by Crippen LogP contribution is 2.30. The zero-order valence-corrected chi connectivity index (χ0v) is 12.0. The summed E-state index contributed by atoms with van der Waals surface area (Å²) in [5, 5.41) is 13.9. The van der Waals surface area contributed by atoms with Crippen molar-refractivity contribution in [1.29, 1.82) is 0 Å². The molecule has 1 N–H and O–H groups in total. The quantitative estimate of drug-likeness (QED) is 0.673. The Labute approximate surface area is 122 Å². The standard InChI is InChI=1S/C12H9BrClN3O2/c13-9-3-1-2-8(6-9)7-16-12-11(17(18)19)10(14)4-5-15-12/h1-6H,7H2,(H,15,16). The number of rotatable bonds is 4. The fraction of sp³-hybridized carbons (Fsp3) is 0.0833. The minimum absolute atomic E-state index is 0.0664. The lowest BCUT2D eigenvalue weighted by molar-refractivity contribution is -0.384. The predicted octanol–water partition coefficient (Wildman–Crippen LogP) is 4.02. The van der Waals surface area contributed by atoms with E-state index in [9.17, 15) is 10.1 Å². The van der Waals surface area contributed by atoms with Crippen molar-refractivity contribution in [1.82, 2.24) is 4.98 Å². The van der Waals surface area contributed by atoms with E-state index >= 15 is 0 Å². The van der Waals surface area contributed by atoms with E-state index in [2.05, 4.69) is 26.2 Å². The van der Waals surface area contributed by atoms with Gasteiger partial charge in [-0.05, 0) is 23.8 Å². The largest absolute Gasteiger partial charge is 0.360 e. The fourth-order valence-corrected chi connectivity index (χ4v) is 2.23. The molecule has 0 aliphatic carbocycles. The number of halogens is 2. The summed E-state index contributed by atoms with van der Waals surface area (Å²) in [4.78, 5) is 14.3. The van der Waals surface area contributed by atoms with Gasteiger partial charge in [-0.3, -0.25) is 10.1 Å². The van der Waals surface area contributed by atoms with Gasteiger partial charge in [-0.1, -0.05) is 39.7 Å². The van der Waals surface area contributed by atoms with Crippen molar-refractivity contribution in [3.05, 3.63) is 61.7 Å². The van der Waals surface area contributed by atoms with Crippen LogP contribution in [0.5, 0.6) is 0 Å². The van der Waals surface area contributed by atoms with Gasteiger partial charge < -0.3 is 5.32 Å². The summed E-state index contributed by atoms with van der Waals surface area (Å²) >= 11 is 9.17. The van der Waals surface area contributed by atoms with Gasteiger partial charge in [0.15, 0.2) is 0 Å². The zero-order chi connectivity index (χ0) is 13.8. The first-order chi connectivity index (χ1) is 9.08. The third-order valence-corrected chi connectivity index (χ3v) is 3.20. The van der Waals surface area contributed by atoms with Crippen LogP contribution in [0.25, 0.3) is 0 Å². The second-order valence-electron chi connectivity index (χ2n) is 3.73. The molecular formula is C12H9BrClN3O2. The Morgan fingerprint density at radius 1 is 1.42 bits per heavy atom. The van der Waals surface area contributed by atoms with Crippen LogP contribution >= 0.6 is 27.5 Å². The first-order valence-corrected chi connectivity index (χ1v) is 6.52. The van der Waals surface area contributed by atoms with Crippen molar-refractivity contribution >= 4 is 39.0 Å². The second kappa shape index (κ2) is 5.99. The first kappa shape index (κ1) is 13.8. The van der Waals surface area contributed by atoms with E-state index in [1.54, 1.807) is 0 Å². The highest BCUT2D eigenvalue weighted by Gasteiger charge is 2.19. The van der Waals surface area contributed by atoms with Gasteiger partial charge in [-0.2, -0.15) is 0 Å². The molecule has 0 atom stereocenters. The maximum atomic E-state index is 10.9. The van der Waals surface area contributed by atoms with Crippen molar-refractivity contribution in [3.8, 4) is 0 Å². The molecule has 2 aromatic rings. The maximum Gasteiger partial charge on any atom is 0.329 e. The van der Waals surface area contributed by atoms with Gasteiger partial charge in [0.25, 0.3) is 0 Å². The van der Waals surface area contributed by atoms with E-state index in [0.29, 0.717) is 6.54 Å². The molecule has 0 fully saturated rings. The van der Waals surface area contributed by atoms with Crippen LogP contribution in [0.3, 0.4) is 0 Å². The maximum absolute atomic E-state index is 10.9. The topological polar surface area (TPSA) is 68.1 Å². The molecule has 7 heteroatoms. The van der Waals surface area contributed by atoms with Gasteiger partial charge in [0, 0.05) is 17.2 Å². The predicted molar refractivity (Wildman–Crippen MR) is 77.4 cm³/mol. The van der Waals surface area contributed by atoms with E-state index in [0.717, 1.165) is 10.0 Å². The Bertz CT molecular complexity index is 622. The number of pyridine rings is 1. The highest BCUT2D eigenvalue weighted by molar-refractivity contribution is 9.10. The molecule has 0 spiro atoms. The van der Waals surface area contributed by atoms with Crippen molar-refractivity contribution in [2.24, 2.45) is 0 Å². The van der Waals surface area contributed by atoms with Gasteiger partial charge in [0.1, 0.15) is 5.02 Å². The summed E-state index contributed by atoms with van der Waals surface area (Å²) in [6, 6.07) is 9.02. The summed E-state index contributed by atoms with van der Waals surface area (Å²) in [6.45, 7) is 0.424. The van der Waals surface area contributed by atoms with E-state index < -0.39 is 4.92 Å². The number of benzene rings is 1. The number of hydrogen-bond acceptors (Lipinski definition) is 4.